The highest BCUT2D eigenvalue weighted by Gasteiger charge is 2.43. The molecule has 19 atom stereocenters. The first-order valence-electron chi connectivity index (χ1n) is 21.1. The summed E-state index contributed by atoms with van der Waals surface area (Å²) in [6, 6.07) is -16.0. The van der Waals surface area contributed by atoms with Crippen LogP contribution in [0.3, 0.4) is 0 Å². The zero-order valence-corrected chi connectivity index (χ0v) is 38.1. The van der Waals surface area contributed by atoms with Crippen LogP contribution < -0.4 is 37.2 Å². The summed E-state index contributed by atoms with van der Waals surface area (Å²) in [7, 11) is 1.03. The van der Waals surface area contributed by atoms with Gasteiger partial charge in [-0.1, -0.05) is 0 Å². The number of carboxylic acid groups (broad SMARTS) is 3. The lowest BCUT2D eigenvalue weighted by molar-refractivity contribution is -0.148. The van der Waals surface area contributed by atoms with Gasteiger partial charge in [0.25, 0.3) is 0 Å². The largest absolute Gasteiger partial charge is 0.480 e. The van der Waals surface area contributed by atoms with Crippen LogP contribution in [0.5, 0.6) is 0 Å². The van der Waals surface area contributed by atoms with Crippen molar-refractivity contribution in [3.8, 4) is 0 Å². The Kier molecular flexibility index (Phi) is 29.5. The van der Waals surface area contributed by atoms with Gasteiger partial charge in [-0.25, -0.2) is 14.4 Å². The summed E-state index contributed by atoms with van der Waals surface area (Å²) in [5.74, 6) is -15.9. The molecule has 72 heavy (non-hydrogen) atoms. The molecule has 35 nitrogen and oxygen atoms in total. The van der Waals surface area contributed by atoms with E-state index in [1.807, 2.05) is 5.32 Å². The highest BCUT2D eigenvalue weighted by molar-refractivity contribution is 5.96. The molecule has 0 fully saturated rings. The Labute approximate surface area is 405 Å². The van der Waals surface area contributed by atoms with Crippen LogP contribution in [-0.2, 0) is 43.2 Å². The molecule has 0 saturated carbocycles. The van der Waals surface area contributed by atoms with E-state index in [1.54, 1.807) is 26.6 Å². The summed E-state index contributed by atoms with van der Waals surface area (Å²) < 4.78 is 0. The van der Waals surface area contributed by atoms with Crippen LogP contribution in [0, 0.1) is 0 Å². The van der Waals surface area contributed by atoms with Crippen molar-refractivity contribution >= 4 is 53.4 Å². The summed E-state index contributed by atoms with van der Waals surface area (Å²) in [6.45, 7) is -3.70. The van der Waals surface area contributed by atoms with Crippen molar-refractivity contribution in [1.82, 2.24) is 37.2 Å². The highest BCUT2D eigenvalue weighted by atomic mass is 16.4. The number of rotatable bonds is 35. The Morgan fingerprint density at radius 3 is 0.833 bits per heavy atom. The minimum Gasteiger partial charge on any atom is -0.480 e. The van der Waals surface area contributed by atoms with Gasteiger partial charge < -0.3 is 134 Å². The standard InChI is InChI=1S/C37H65N7O28/c1-10(24(56)25(57)14(49)6-45)39-18(53)3-11(35(67)68)41-33(65)22(30(62)27(59)16(51)8-47)44-20(55)5-13(37(71)72)42-34(66)23(31(63)28(60)17(52)9-48)43-19(54)4-12(36(69)70)40-32(64)21(38-2)29(61)26(58)15(50)7-46/h10-17,21-31,38,45-52,56-63H,3-9H2,1-2H3,(H,39,53)(H,40,64)(H,41,65)(H,42,66)(H,43,54)(H,44,55)(H,67,68)(H,69,70)(H,71,72)/t10-,11+,12+,13+,14-,15-,16-,17-,21+,22+,23+,24-,25-,26-,27-,28-,29-,30-,31-/m1/s1. The number of amides is 6. The van der Waals surface area contributed by atoms with Crippen LogP contribution in [0.2, 0.25) is 0 Å². The number of aliphatic hydroxyl groups is 16. The van der Waals surface area contributed by atoms with Crippen LogP contribution in [-0.4, -0.2) is 299 Å². The predicted octanol–water partition coefficient (Wildman–Crippen LogP) is -15.8. The van der Waals surface area contributed by atoms with Gasteiger partial charge in [0.2, 0.25) is 35.4 Å². The van der Waals surface area contributed by atoms with Crippen molar-refractivity contribution in [2.45, 2.75) is 142 Å². The molecule has 0 spiro atoms. The first-order valence-corrected chi connectivity index (χ1v) is 21.1. The van der Waals surface area contributed by atoms with E-state index in [-0.39, 0.29) is 0 Å². The molecule has 0 aliphatic rings. The average Bonchev–Trinajstić information content (AvgIpc) is 3.33. The first kappa shape index (κ1) is 66.6. The number of carbonyl (C=O) groups excluding carboxylic acids is 6. The second kappa shape index (κ2) is 31.9. The van der Waals surface area contributed by atoms with Gasteiger partial charge in [-0.3, -0.25) is 28.8 Å². The van der Waals surface area contributed by atoms with Gasteiger partial charge in [-0.15, -0.1) is 0 Å². The number of carboxylic acids is 3. The van der Waals surface area contributed by atoms with Gasteiger partial charge >= 0.3 is 17.9 Å². The Balaban J connectivity index is 6.67. The van der Waals surface area contributed by atoms with Gasteiger partial charge in [-0.05, 0) is 14.0 Å². The van der Waals surface area contributed by atoms with Crippen LogP contribution >= 0.6 is 0 Å². The average molecular weight is 1060 g/mol. The molecule has 0 aromatic carbocycles. The molecular formula is C37H65N7O28. The number of carbonyl (C=O) groups is 9. The van der Waals surface area contributed by atoms with Gasteiger partial charge in [0.05, 0.1) is 51.7 Å². The molecule has 0 aliphatic heterocycles. The summed E-state index contributed by atoms with van der Waals surface area (Å²) >= 11 is 0. The Morgan fingerprint density at radius 2 is 0.583 bits per heavy atom. The summed E-state index contributed by atoms with van der Waals surface area (Å²) in [5.41, 5.74) is 0. The van der Waals surface area contributed by atoms with Gasteiger partial charge in [0.15, 0.2) is 0 Å². The van der Waals surface area contributed by atoms with E-state index in [4.69, 9.17) is 10.2 Å². The van der Waals surface area contributed by atoms with Crippen molar-refractivity contribution in [3.05, 3.63) is 0 Å². The molecule has 0 aromatic heterocycles. The number of aliphatic hydroxyl groups excluding tert-OH is 16. The molecule has 0 radical (unpaired) electrons. The van der Waals surface area contributed by atoms with Crippen LogP contribution in [0.4, 0.5) is 0 Å². The molecule has 26 N–H and O–H groups in total. The maximum Gasteiger partial charge on any atom is 0.326 e. The maximum atomic E-state index is 13.5. The molecule has 416 valence electrons. The van der Waals surface area contributed by atoms with E-state index in [0.29, 0.717) is 0 Å². The zero-order chi connectivity index (χ0) is 56.1. The number of nitrogens with one attached hydrogen (secondary N) is 7. The third kappa shape index (κ3) is 20.6. The second-order valence-electron chi connectivity index (χ2n) is 15.9. The smallest absolute Gasteiger partial charge is 0.326 e. The molecular weight excluding hydrogens is 990 g/mol. The Bertz CT molecular complexity index is 1800. The van der Waals surface area contributed by atoms with E-state index in [9.17, 15) is 130 Å². The maximum absolute atomic E-state index is 13.5. The van der Waals surface area contributed by atoms with E-state index in [1.165, 1.54) is 0 Å². The van der Waals surface area contributed by atoms with Gasteiger partial charge in [-0.2, -0.15) is 0 Å². The Hall–Kier alpha value is -5.45. The number of aliphatic carboxylic acids is 3. The fraction of sp³-hybridized carbons (Fsp3) is 0.757. The number of likely N-dealkylation sites (N-methyl/N-ethyl adjacent to an activating group) is 1. The molecule has 0 aliphatic carbocycles. The molecule has 0 saturated heterocycles. The molecule has 0 aromatic rings. The van der Waals surface area contributed by atoms with Crippen LogP contribution in [0.25, 0.3) is 0 Å². The summed E-state index contributed by atoms with van der Waals surface area (Å²) in [4.78, 5) is 115. The molecule has 35 heteroatoms. The van der Waals surface area contributed by atoms with Crippen molar-refractivity contribution in [2.24, 2.45) is 0 Å². The quantitative estimate of drug-likeness (QED) is 0.0280. The van der Waals surface area contributed by atoms with Crippen molar-refractivity contribution in [3.63, 3.8) is 0 Å². The van der Waals surface area contributed by atoms with Crippen LogP contribution in [0.15, 0.2) is 0 Å². The highest BCUT2D eigenvalue weighted by Crippen LogP contribution is 2.12. The number of hydrogen-bond donors (Lipinski definition) is 26. The second-order valence-corrected chi connectivity index (χ2v) is 15.9. The molecule has 0 bridgehead atoms. The topological polar surface area (TPSA) is 622 Å². The fourth-order valence-electron chi connectivity index (χ4n) is 6.10. The lowest BCUT2D eigenvalue weighted by Crippen LogP contribution is -2.63. The van der Waals surface area contributed by atoms with E-state index >= 15 is 0 Å². The normalized spacial score (nSPS) is 19.6. The fourth-order valence-corrected chi connectivity index (χ4v) is 6.10. The third-order valence-electron chi connectivity index (χ3n) is 10.5. The van der Waals surface area contributed by atoms with E-state index in [0.717, 1.165) is 14.0 Å². The van der Waals surface area contributed by atoms with Crippen molar-refractivity contribution < 1.29 is 140 Å². The Morgan fingerprint density at radius 1 is 0.347 bits per heavy atom. The lowest BCUT2D eigenvalue weighted by Gasteiger charge is -2.31. The third-order valence-corrected chi connectivity index (χ3v) is 10.5. The first-order chi connectivity index (χ1) is 33.4. The molecule has 0 unspecified atom stereocenters. The minimum atomic E-state index is -2.76. The van der Waals surface area contributed by atoms with Gasteiger partial charge in [0.1, 0.15) is 109 Å². The number of hydrogen-bond acceptors (Lipinski definition) is 26. The lowest BCUT2D eigenvalue weighted by atomic mass is 9.98. The van der Waals surface area contributed by atoms with Crippen molar-refractivity contribution in [2.75, 3.05) is 33.5 Å². The van der Waals surface area contributed by atoms with Crippen LogP contribution in [0.1, 0.15) is 26.2 Å². The summed E-state index contributed by atoms with van der Waals surface area (Å²) in [5, 5.41) is 200. The SMILES string of the molecule is CN[C@H](C(=O)N[C@@H](CC(=O)N[C@H](C(=O)N[C@@H](CC(=O)N[C@H](C(=O)N[C@@H](CC(=O)N[C@H](C)[C@@H](O)[C@H](O)[C@H](O)CO)C(=O)O)[C@@H](O)[C@H](O)[C@H](O)CO)C(=O)O)[C@@H](O)[C@H](O)[C@H](O)CO)C(=O)O)[C@@H](O)[C@H](O)[C@H](O)CO. The van der Waals surface area contributed by atoms with Gasteiger partial charge in [0, 0.05) is 0 Å². The monoisotopic (exact) mass is 1060 g/mol. The van der Waals surface area contributed by atoms with E-state index < -0.39 is 215 Å². The van der Waals surface area contributed by atoms with E-state index in [2.05, 4.69) is 5.32 Å². The zero-order valence-electron chi connectivity index (χ0n) is 38.1. The predicted molar refractivity (Wildman–Crippen MR) is 227 cm³/mol. The minimum absolute atomic E-state index is 1.02. The summed E-state index contributed by atoms with van der Waals surface area (Å²) in [6.07, 6.45) is -31.8. The molecule has 6 amide bonds. The molecule has 0 rings (SSSR count). The molecule has 0 heterocycles. The van der Waals surface area contributed by atoms with Crippen molar-refractivity contribution in [1.29, 1.82) is 0 Å².